The highest BCUT2D eigenvalue weighted by Crippen LogP contribution is 2.27. The van der Waals surface area contributed by atoms with Gasteiger partial charge in [0.2, 0.25) is 5.91 Å². The van der Waals surface area contributed by atoms with Crippen LogP contribution in [0, 0.1) is 0 Å². The summed E-state index contributed by atoms with van der Waals surface area (Å²) < 4.78 is 5.18. The van der Waals surface area contributed by atoms with Crippen LogP contribution in [0.15, 0.2) is 53.9 Å². The number of methoxy groups -OCH3 is 1. The molecule has 3 aromatic rings. The predicted octanol–water partition coefficient (Wildman–Crippen LogP) is 5.41. The van der Waals surface area contributed by atoms with Crippen LogP contribution in [0.25, 0.3) is 10.6 Å². The van der Waals surface area contributed by atoms with Crippen LogP contribution < -0.4 is 10.1 Å². The van der Waals surface area contributed by atoms with Crippen LogP contribution in [0.5, 0.6) is 5.75 Å². The van der Waals surface area contributed by atoms with E-state index in [2.05, 4.69) is 15.7 Å². The number of carbonyl (C=O) groups excluding carboxylic acids is 1. The second-order valence-electron chi connectivity index (χ2n) is 6.04. The summed E-state index contributed by atoms with van der Waals surface area (Å²) in [7, 11) is 1.66. The third kappa shape index (κ3) is 5.99. The fraction of sp³-hybridized carbons (Fsp3) is 0.238. The molecule has 146 valence electrons. The Hall–Kier alpha value is -2.02. The average Bonchev–Trinajstić information content (AvgIpc) is 3.19. The third-order valence-corrected chi connectivity index (χ3v) is 6.35. The molecular formula is C21H21ClN2O2S2. The Labute approximate surface area is 178 Å². The van der Waals surface area contributed by atoms with Crippen molar-refractivity contribution in [3.05, 3.63) is 70.2 Å². The van der Waals surface area contributed by atoms with Gasteiger partial charge in [0.05, 0.1) is 12.8 Å². The Morgan fingerprint density at radius 2 is 2.00 bits per heavy atom. The molecule has 2 aromatic carbocycles. The molecule has 4 nitrogen and oxygen atoms in total. The fourth-order valence-electron chi connectivity index (χ4n) is 2.51. The summed E-state index contributed by atoms with van der Waals surface area (Å²) in [4.78, 5) is 16.7. The minimum Gasteiger partial charge on any atom is -0.497 e. The van der Waals surface area contributed by atoms with Crippen molar-refractivity contribution in [1.82, 2.24) is 10.3 Å². The molecular weight excluding hydrogens is 412 g/mol. The molecule has 28 heavy (non-hydrogen) atoms. The minimum absolute atomic E-state index is 0.0321. The van der Waals surface area contributed by atoms with Crippen LogP contribution in [0.2, 0.25) is 5.02 Å². The Bertz CT molecular complexity index is 913. The number of carbonyl (C=O) groups is 1. The molecule has 0 aliphatic carbocycles. The molecule has 0 aliphatic heterocycles. The number of amides is 1. The van der Waals surface area contributed by atoms with Gasteiger partial charge in [-0.25, -0.2) is 4.98 Å². The van der Waals surface area contributed by atoms with Crippen LogP contribution in [-0.2, 0) is 17.1 Å². The van der Waals surface area contributed by atoms with E-state index >= 15 is 0 Å². The Kier molecular flexibility index (Phi) is 7.77. The van der Waals surface area contributed by atoms with Crippen molar-refractivity contribution < 1.29 is 9.53 Å². The Balaban J connectivity index is 1.39. The molecule has 3 rings (SSSR count). The van der Waals surface area contributed by atoms with Gasteiger partial charge in [-0.3, -0.25) is 4.79 Å². The summed E-state index contributed by atoms with van der Waals surface area (Å²) in [6.07, 6.45) is 0.477. The van der Waals surface area contributed by atoms with Gasteiger partial charge in [0.1, 0.15) is 10.8 Å². The van der Waals surface area contributed by atoms with E-state index in [1.807, 2.05) is 48.5 Å². The van der Waals surface area contributed by atoms with Crippen molar-refractivity contribution in [2.45, 2.75) is 18.7 Å². The first-order chi connectivity index (χ1) is 13.7. The van der Waals surface area contributed by atoms with Crippen LogP contribution >= 0.6 is 34.7 Å². The number of thiazole rings is 1. The lowest BCUT2D eigenvalue weighted by atomic mass is 10.2. The Morgan fingerprint density at radius 1 is 1.21 bits per heavy atom. The van der Waals surface area contributed by atoms with Gasteiger partial charge in [-0.1, -0.05) is 29.8 Å². The second kappa shape index (κ2) is 10.5. The van der Waals surface area contributed by atoms with Gasteiger partial charge in [-0.15, -0.1) is 11.3 Å². The summed E-state index contributed by atoms with van der Waals surface area (Å²) in [5.74, 6) is 2.42. The standard InChI is InChI=1S/C21H21ClN2O2S2/c1-26-18-8-6-15(7-9-18)21-24-17(14-28-21)13-27-11-10-20(25)23-12-16-4-2-3-5-19(16)22/h2-9,14H,10-13H2,1H3,(H,23,25). The number of halogens is 1. The van der Waals surface area contributed by atoms with Crippen molar-refractivity contribution in [3.8, 4) is 16.3 Å². The highest BCUT2D eigenvalue weighted by atomic mass is 35.5. The lowest BCUT2D eigenvalue weighted by molar-refractivity contribution is -0.120. The van der Waals surface area contributed by atoms with Gasteiger partial charge in [0.15, 0.2) is 0 Å². The zero-order chi connectivity index (χ0) is 19.8. The lowest BCUT2D eigenvalue weighted by Gasteiger charge is -2.06. The number of hydrogen-bond donors (Lipinski definition) is 1. The molecule has 0 spiro atoms. The highest BCUT2D eigenvalue weighted by Gasteiger charge is 2.07. The van der Waals surface area contributed by atoms with Crippen molar-refractivity contribution in [2.75, 3.05) is 12.9 Å². The van der Waals surface area contributed by atoms with E-state index in [1.165, 1.54) is 0 Å². The number of aromatic nitrogens is 1. The molecule has 0 bridgehead atoms. The molecule has 0 atom stereocenters. The number of thioether (sulfide) groups is 1. The van der Waals surface area contributed by atoms with Crippen LogP contribution in [0.1, 0.15) is 17.7 Å². The molecule has 0 radical (unpaired) electrons. The maximum absolute atomic E-state index is 12.0. The first-order valence-corrected chi connectivity index (χ1v) is 11.2. The molecule has 0 saturated heterocycles. The van der Waals surface area contributed by atoms with E-state index in [-0.39, 0.29) is 5.91 Å². The molecule has 1 amide bonds. The SMILES string of the molecule is COc1ccc(-c2nc(CSCCC(=O)NCc3ccccc3Cl)cs2)cc1. The van der Waals surface area contributed by atoms with Crippen LogP contribution in [-0.4, -0.2) is 23.8 Å². The number of hydrogen-bond acceptors (Lipinski definition) is 5. The molecule has 0 aliphatic rings. The zero-order valence-corrected chi connectivity index (χ0v) is 17.9. The smallest absolute Gasteiger partial charge is 0.221 e. The third-order valence-electron chi connectivity index (χ3n) is 4.05. The second-order valence-corrected chi connectivity index (χ2v) is 8.41. The number of ether oxygens (including phenoxy) is 1. The van der Waals surface area contributed by atoms with E-state index in [9.17, 15) is 4.79 Å². The van der Waals surface area contributed by atoms with Gasteiger partial charge in [-0.2, -0.15) is 11.8 Å². The summed E-state index contributed by atoms with van der Waals surface area (Å²) in [6.45, 7) is 0.459. The topological polar surface area (TPSA) is 51.2 Å². The van der Waals surface area contributed by atoms with E-state index in [1.54, 1.807) is 30.2 Å². The fourth-order valence-corrected chi connectivity index (χ4v) is 4.47. The number of rotatable bonds is 9. The normalized spacial score (nSPS) is 10.6. The van der Waals surface area contributed by atoms with E-state index in [0.717, 1.165) is 39.1 Å². The summed E-state index contributed by atoms with van der Waals surface area (Å²) in [5.41, 5.74) is 3.05. The highest BCUT2D eigenvalue weighted by molar-refractivity contribution is 7.98. The number of nitrogens with one attached hydrogen (secondary N) is 1. The molecule has 0 saturated carbocycles. The maximum atomic E-state index is 12.0. The largest absolute Gasteiger partial charge is 0.497 e. The number of benzene rings is 2. The van der Waals surface area contributed by atoms with E-state index in [4.69, 9.17) is 16.3 Å². The van der Waals surface area contributed by atoms with Crippen LogP contribution in [0.4, 0.5) is 0 Å². The lowest BCUT2D eigenvalue weighted by Crippen LogP contribution is -2.23. The maximum Gasteiger partial charge on any atom is 0.221 e. The quantitative estimate of drug-likeness (QED) is 0.459. The molecule has 1 aromatic heterocycles. The predicted molar refractivity (Wildman–Crippen MR) is 118 cm³/mol. The van der Waals surface area contributed by atoms with E-state index in [0.29, 0.717) is 18.0 Å². The first kappa shape index (κ1) is 20.7. The summed E-state index contributed by atoms with van der Waals surface area (Å²) in [6, 6.07) is 15.4. The summed E-state index contributed by atoms with van der Waals surface area (Å²) in [5, 5.41) is 6.66. The van der Waals surface area contributed by atoms with Crippen molar-refractivity contribution >= 4 is 40.6 Å². The molecule has 0 fully saturated rings. The van der Waals surface area contributed by atoms with Crippen LogP contribution in [0.3, 0.4) is 0 Å². The van der Waals surface area contributed by atoms with Gasteiger partial charge in [-0.05, 0) is 35.9 Å². The monoisotopic (exact) mass is 432 g/mol. The average molecular weight is 433 g/mol. The molecule has 1 heterocycles. The molecule has 7 heteroatoms. The van der Waals surface area contributed by atoms with Gasteiger partial charge in [0.25, 0.3) is 0 Å². The van der Waals surface area contributed by atoms with Crippen molar-refractivity contribution in [3.63, 3.8) is 0 Å². The van der Waals surface area contributed by atoms with Crippen molar-refractivity contribution in [1.29, 1.82) is 0 Å². The number of nitrogens with zero attached hydrogens (tertiary/aromatic N) is 1. The van der Waals surface area contributed by atoms with Gasteiger partial charge < -0.3 is 10.1 Å². The minimum atomic E-state index is 0.0321. The van der Waals surface area contributed by atoms with Gasteiger partial charge >= 0.3 is 0 Å². The van der Waals surface area contributed by atoms with Gasteiger partial charge in [0, 0.05) is 40.4 Å². The van der Waals surface area contributed by atoms with Crippen molar-refractivity contribution in [2.24, 2.45) is 0 Å². The molecule has 0 unspecified atom stereocenters. The van der Waals surface area contributed by atoms with E-state index < -0.39 is 0 Å². The first-order valence-electron chi connectivity index (χ1n) is 8.82. The zero-order valence-electron chi connectivity index (χ0n) is 15.5. The Morgan fingerprint density at radius 3 is 2.75 bits per heavy atom. The molecule has 1 N–H and O–H groups in total. The summed E-state index contributed by atoms with van der Waals surface area (Å²) >= 11 is 9.44.